The number of benzene rings is 1. The lowest BCUT2D eigenvalue weighted by atomic mass is 10.0. The van der Waals surface area contributed by atoms with Crippen LogP contribution in [0.3, 0.4) is 0 Å². The van der Waals surface area contributed by atoms with E-state index < -0.39 is 0 Å². The quantitative estimate of drug-likeness (QED) is 0.939. The zero-order valence-corrected chi connectivity index (χ0v) is 12.8. The van der Waals surface area contributed by atoms with Gasteiger partial charge in [-0.2, -0.15) is 10.4 Å². The molecule has 0 unspecified atom stereocenters. The zero-order chi connectivity index (χ0) is 15.5. The number of rotatable bonds is 3. The number of hydrogen-bond donors (Lipinski definition) is 1. The van der Waals surface area contributed by atoms with Gasteiger partial charge in [0.1, 0.15) is 11.9 Å². The predicted octanol–water partition coefficient (Wildman–Crippen LogP) is 2.12. The summed E-state index contributed by atoms with van der Waals surface area (Å²) in [4.78, 5) is 6.73. The summed E-state index contributed by atoms with van der Waals surface area (Å²) in [7, 11) is 0. The molecule has 1 aliphatic heterocycles. The number of nitriles is 1. The Kier molecular flexibility index (Phi) is 4.18. The Balaban J connectivity index is 1.72. The molecule has 1 aromatic heterocycles. The van der Waals surface area contributed by atoms with Crippen LogP contribution in [0.1, 0.15) is 41.8 Å². The Morgan fingerprint density at radius 1 is 1.41 bits per heavy atom. The summed E-state index contributed by atoms with van der Waals surface area (Å²) in [5.74, 6) is 1.52. The molecule has 1 fully saturated rings. The van der Waals surface area contributed by atoms with E-state index in [1.54, 1.807) is 0 Å². The SMILES string of the molecule is Cc1nc([C@H]2CN([C@@H](C)c3ccc(C#N)cc3)CCO2)n[nH]1. The normalized spacial score (nSPS) is 20.5. The Morgan fingerprint density at radius 2 is 2.18 bits per heavy atom. The number of aryl methyl sites for hydroxylation is 1. The molecule has 0 aliphatic carbocycles. The maximum absolute atomic E-state index is 8.88. The first-order chi connectivity index (χ1) is 10.7. The first-order valence-corrected chi connectivity index (χ1v) is 7.42. The molecule has 2 atom stereocenters. The molecule has 6 heteroatoms. The first kappa shape index (κ1) is 14.7. The summed E-state index contributed by atoms with van der Waals surface area (Å²) in [5, 5.41) is 16.0. The van der Waals surface area contributed by atoms with Crippen LogP contribution >= 0.6 is 0 Å². The lowest BCUT2D eigenvalue weighted by Gasteiger charge is -2.36. The topological polar surface area (TPSA) is 77.8 Å². The van der Waals surface area contributed by atoms with Crippen LogP contribution in [0.25, 0.3) is 0 Å². The molecule has 0 bridgehead atoms. The van der Waals surface area contributed by atoms with Crippen LogP contribution in [0, 0.1) is 18.3 Å². The molecule has 2 heterocycles. The maximum Gasteiger partial charge on any atom is 0.180 e. The van der Waals surface area contributed by atoms with Crippen molar-refractivity contribution in [3.63, 3.8) is 0 Å². The fourth-order valence-corrected chi connectivity index (χ4v) is 2.73. The number of hydrogen-bond acceptors (Lipinski definition) is 5. The van der Waals surface area contributed by atoms with E-state index >= 15 is 0 Å². The monoisotopic (exact) mass is 297 g/mol. The summed E-state index contributed by atoms with van der Waals surface area (Å²) in [6.07, 6.45) is -0.0977. The van der Waals surface area contributed by atoms with Crippen LogP contribution < -0.4 is 0 Å². The third kappa shape index (κ3) is 3.01. The summed E-state index contributed by atoms with van der Waals surface area (Å²) in [6.45, 7) is 6.36. The van der Waals surface area contributed by atoms with Gasteiger partial charge in [0, 0.05) is 19.1 Å². The molecule has 0 saturated carbocycles. The van der Waals surface area contributed by atoms with Crippen LogP contribution in [0.4, 0.5) is 0 Å². The van der Waals surface area contributed by atoms with E-state index in [-0.39, 0.29) is 12.1 Å². The van der Waals surface area contributed by atoms with Crippen LogP contribution in [0.15, 0.2) is 24.3 Å². The van der Waals surface area contributed by atoms with E-state index in [1.807, 2.05) is 31.2 Å². The molecule has 3 rings (SSSR count). The summed E-state index contributed by atoms with van der Waals surface area (Å²) in [6, 6.07) is 10.2. The number of aromatic amines is 1. The molecule has 0 spiro atoms. The minimum Gasteiger partial charge on any atom is -0.367 e. The average Bonchev–Trinajstić information content (AvgIpc) is 3.01. The fourth-order valence-electron chi connectivity index (χ4n) is 2.73. The van der Waals surface area contributed by atoms with Gasteiger partial charge in [0.25, 0.3) is 0 Å². The Hall–Kier alpha value is -2.23. The molecule has 1 aromatic carbocycles. The summed E-state index contributed by atoms with van der Waals surface area (Å²) < 4.78 is 5.80. The van der Waals surface area contributed by atoms with Gasteiger partial charge in [-0.25, -0.2) is 4.98 Å². The molecule has 1 N–H and O–H groups in total. The van der Waals surface area contributed by atoms with Gasteiger partial charge in [-0.1, -0.05) is 12.1 Å². The Morgan fingerprint density at radius 3 is 2.82 bits per heavy atom. The van der Waals surface area contributed by atoms with Crippen molar-refractivity contribution < 1.29 is 4.74 Å². The molecule has 114 valence electrons. The van der Waals surface area contributed by atoms with E-state index in [9.17, 15) is 0 Å². The van der Waals surface area contributed by atoms with Gasteiger partial charge in [-0.3, -0.25) is 10.00 Å². The highest BCUT2D eigenvalue weighted by atomic mass is 16.5. The number of aromatic nitrogens is 3. The van der Waals surface area contributed by atoms with Gasteiger partial charge in [0.15, 0.2) is 5.82 Å². The second-order valence-corrected chi connectivity index (χ2v) is 5.54. The number of nitrogens with zero attached hydrogens (tertiary/aromatic N) is 4. The van der Waals surface area contributed by atoms with Gasteiger partial charge in [0.05, 0.1) is 18.2 Å². The maximum atomic E-state index is 8.88. The molecular weight excluding hydrogens is 278 g/mol. The van der Waals surface area contributed by atoms with E-state index in [1.165, 1.54) is 5.56 Å². The van der Waals surface area contributed by atoms with Crippen LogP contribution in [-0.4, -0.2) is 39.8 Å². The van der Waals surface area contributed by atoms with Crippen molar-refractivity contribution in [2.24, 2.45) is 0 Å². The number of morpholine rings is 1. The van der Waals surface area contributed by atoms with E-state index in [0.717, 1.165) is 18.9 Å². The second-order valence-electron chi connectivity index (χ2n) is 5.54. The molecule has 2 aromatic rings. The molecule has 0 amide bonds. The molecule has 0 radical (unpaired) electrons. The second kappa shape index (κ2) is 6.26. The molecule has 22 heavy (non-hydrogen) atoms. The van der Waals surface area contributed by atoms with Crippen LogP contribution in [0.2, 0.25) is 0 Å². The van der Waals surface area contributed by atoms with E-state index in [0.29, 0.717) is 18.0 Å². The lowest BCUT2D eigenvalue weighted by Crippen LogP contribution is -2.40. The van der Waals surface area contributed by atoms with Crippen molar-refractivity contribution in [2.75, 3.05) is 19.7 Å². The third-order valence-electron chi connectivity index (χ3n) is 4.07. The van der Waals surface area contributed by atoms with Gasteiger partial charge in [-0.15, -0.1) is 0 Å². The first-order valence-electron chi connectivity index (χ1n) is 7.42. The average molecular weight is 297 g/mol. The highest BCUT2D eigenvalue weighted by molar-refractivity contribution is 5.32. The molecule has 1 saturated heterocycles. The van der Waals surface area contributed by atoms with Crippen molar-refractivity contribution in [2.45, 2.75) is 26.0 Å². The fraction of sp³-hybridized carbons (Fsp3) is 0.438. The van der Waals surface area contributed by atoms with Crippen LogP contribution in [0.5, 0.6) is 0 Å². The highest BCUT2D eigenvalue weighted by Crippen LogP contribution is 2.27. The Bertz CT molecular complexity index is 673. The largest absolute Gasteiger partial charge is 0.367 e. The molecular formula is C16H19N5O. The van der Waals surface area contributed by atoms with E-state index in [4.69, 9.17) is 10.00 Å². The van der Waals surface area contributed by atoms with Crippen LogP contribution in [-0.2, 0) is 4.74 Å². The molecule has 6 nitrogen and oxygen atoms in total. The summed E-state index contributed by atoms with van der Waals surface area (Å²) >= 11 is 0. The van der Waals surface area contributed by atoms with Gasteiger partial charge in [-0.05, 0) is 31.5 Å². The number of nitrogens with one attached hydrogen (secondary N) is 1. The predicted molar refractivity (Wildman–Crippen MR) is 81.0 cm³/mol. The molecule has 1 aliphatic rings. The Labute approximate surface area is 129 Å². The highest BCUT2D eigenvalue weighted by Gasteiger charge is 2.28. The minimum absolute atomic E-state index is 0.0977. The van der Waals surface area contributed by atoms with Crippen molar-refractivity contribution in [1.29, 1.82) is 5.26 Å². The summed E-state index contributed by atoms with van der Waals surface area (Å²) in [5.41, 5.74) is 1.89. The van der Waals surface area contributed by atoms with Gasteiger partial charge < -0.3 is 4.74 Å². The van der Waals surface area contributed by atoms with Gasteiger partial charge in [0.2, 0.25) is 0 Å². The van der Waals surface area contributed by atoms with Crippen molar-refractivity contribution in [1.82, 2.24) is 20.1 Å². The minimum atomic E-state index is -0.0977. The lowest BCUT2D eigenvalue weighted by molar-refractivity contribution is -0.0470. The van der Waals surface area contributed by atoms with Gasteiger partial charge >= 0.3 is 0 Å². The number of H-pyrrole nitrogens is 1. The van der Waals surface area contributed by atoms with E-state index in [2.05, 4.69) is 33.1 Å². The number of ether oxygens (including phenoxy) is 1. The van der Waals surface area contributed by atoms with Crippen molar-refractivity contribution in [3.05, 3.63) is 47.0 Å². The smallest absolute Gasteiger partial charge is 0.180 e. The third-order valence-corrected chi connectivity index (χ3v) is 4.07. The van der Waals surface area contributed by atoms with Crippen molar-refractivity contribution in [3.8, 4) is 6.07 Å². The zero-order valence-electron chi connectivity index (χ0n) is 12.8. The standard InChI is InChI=1S/C16H19N5O/c1-11(14-5-3-13(9-17)4-6-14)21-7-8-22-15(10-21)16-18-12(2)19-20-16/h3-6,11,15H,7-8,10H2,1-2H3,(H,18,19,20)/t11-,15+/m0/s1. The van der Waals surface area contributed by atoms with Crippen molar-refractivity contribution >= 4 is 0 Å².